The summed E-state index contributed by atoms with van der Waals surface area (Å²) in [6.07, 6.45) is 7.59. The molecule has 1 aromatic carbocycles. The first-order chi connectivity index (χ1) is 14.3. The molecule has 30 heavy (non-hydrogen) atoms. The Balaban J connectivity index is 1.04. The number of likely N-dealkylation sites (tertiary alicyclic amines) is 1. The second-order valence-corrected chi connectivity index (χ2v) is 10.7. The number of hydrogen-bond acceptors (Lipinski definition) is 5. The Morgan fingerprint density at radius 2 is 1.80 bits per heavy atom. The summed E-state index contributed by atoms with van der Waals surface area (Å²) in [5, 5.41) is 3.50. The van der Waals surface area contributed by atoms with Crippen molar-refractivity contribution in [1.82, 2.24) is 4.90 Å². The van der Waals surface area contributed by atoms with Gasteiger partial charge in [-0.15, -0.1) is 0 Å². The maximum absolute atomic E-state index is 11.7. The SMILES string of the molecule is CC(C)(C)OC(=O)CCCCCCCN1CC2(C1)CN(c1cccc3c1CCN3)C2. The van der Waals surface area contributed by atoms with Gasteiger partial charge in [0.2, 0.25) is 0 Å². The highest BCUT2D eigenvalue weighted by atomic mass is 16.6. The lowest BCUT2D eigenvalue weighted by Crippen LogP contribution is -2.72. The molecule has 0 bridgehead atoms. The second-order valence-electron chi connectivity index (χ2n) is 10.7. The van der Waals surface area contributed by atoms with Crippen LogP contribution in [0.1, 0.15) is 64.9 Å². The highest BCUT2D eigenvalue weighted by Crippen LogP contribution is 2.44. The third-order valence-electron chi connectivity index (χ3n) is 6.63. The van der Waals surface area contributed by atoms with Crippen molar-refractivity contribution >= 4 is 17.3 Å². The predicted molar refractivity (Wildman–Crippen MR) is 123 cm³/mol. The summed E-state index contributed by atoms with van der Waals surface area (Å²) in [6.45, 7) is 13.1. The molecule has 0 saturated carbocycles. The Morgan fingerprint density at radius 1 is 1.07 bits per heavy atom. The van der Waals surface area contributed by atoms with Gasteiger partial charge in [-0.3, -0.25) is 4.79 Å². The molecule has 3 aliphatic rings. The van der Waals surface area contributed by atoms with E-state index in [-0.39, 0.29) is 11.6 Å². The Bertz CT molecular complexity index is 741. The molecule has 0 unspecified atom stereocenters. The molecule has 0 amide bonds. The van der Waals surface area contributed by atoms with Crippen LogP contribution in [0.2, 0.25) is 0 Å². The summed E-state index contributed by atoms with van der Waals surface area (Å²) in [5.41, 5.74) is 4.53. The van der Waals surface area contributed by atoms with Crippen LogP contribution in [0.25, 0.3) is 0 Å². The Hall–Kier alpha value is -1.75. The maximum Gasteiger partial charge on any atom is 0.306 e. The number of nitrogens with one attached hydrogen (secondary N) is 1. The van der Waals surface area contributed by atoms with Crippen LogP contribution < -0.4 is 10.2 Å². The molecule has 0 radical (unpaired) electrons. The van der Waals surface area contributed by atoms with Crippen LogP contribution in [-0.2, 0) is 16.0 Å². The predicted octanol–water partition coefficient (Wildman–Crippen LogP) is 4.46. The van der Waals surface area contributed by atoms with Crippen LogP contribution >= 0.6 is 0 Å². The van der Waals surface area contributed by atoms with Crippen LogP contribution in [-0.4, -0.2) is 55.7 Å². The van der Waals surface area contributed by atoms with E-state index in [4.69, 9.17) is 4.74 Å². The summed E-state index contributed by atoms with van der Waals surface area (Å²) in [5.74, 6) is -0.0559. The number of hydrogen-bond donors (Lipinski definition) is 1. The largest absolute Gasteiger partial charge is 0.460 e. The van der Waals surface area contributed by atoms with E-state index in [2.05, 4.69) is 33.3 Å². The summed E-state index contributed by atoms with van der Waals surface area (Å²) in [6, 6.07) is 6.71. The average Bonchev–Trinajstić information content (AvgIpc) is 3.08. The fourth-order valence-electron chi connectivity index (χ4n) is 5.34. The van der Waals surface area contributed by atoms with Gasteiger partial charge in [0.1, 0.15) is 5.60 Å². The minimum atomic E-state index is -0.360. The molecular formula is C25H39N3O2. The molecule has 5 heteroatoms. The normalized spacial score (nSPS) is 19.8. The standard InChI is InChI=1S/C25H39N3O2/c1-24(2,3)30-23(29)12-7-5-4-6-8-15-27-16-25(17-27)18-28(19-25)22-11-9-10-21-20(22)13-14-26-21/h9-11,26H,4-8,12-19H2,1-3H3. The van der Waals surface area contributed by atoms with Crippen LogP contribution in [0.4, 0.5) is 11.4 Å². The van der Waals surface area contributed by atoms with Gasteiger partial charge in [-0.1, -0.05) is 25.3 Å². The first kappa shape index (κ1) is 21.5. The van der Waals surface area contributed by atoms with Gasteiger partial charge >= 0.3 is 5.97 Å². The number of benzene rings is 1. The number of unbranched alkanes of at least 4 members (excludes halogenated alkanes) is 4. The van der Waals surface area contributed by atoms with Gasteiger partial charge in [0.25, 0.3) is 0 Å². The molecule has 166 valence electrons. The van der Waals surface area contributed by atoms with E-state index in [0.717, 1.165) is 19.4 Å². The molecule has 1 aromatic rings. The molecule has 1 spiro atoms. The van der Waals surface area contributed by atoms with Gasteiger partial charge in [-0.25, -0.2) is 0 Å². The molecule has 4 rings (SSSR count). The van der Waals surface area contributed by atoms with Crippen LogP contribution in [0.3, 0.4) is 0 Å². The van der Waals surface area contributed by atoms with Crippen LogP contribution in [0.15, 0.2) is 18.2 Å². The zero-order valence-corrected chi connectivity index (χ0v) is 19.1. The van der Waals surface area contributed by atoms with E-state index in [9.17, 15) is 4.79 Å². The van der Waals surface area contributed by atoms with E-state index in [1.807, 2.05) is 20.8 Å². The van der Waals surface area contributed by atoms with Crippen molar-refractivity contribution < 1.29 is 9.53 Å². The number of fused-ring (bicyclic) bond motifs is 1. The van der Waals surface area contributed by atoms with E-state index < -0.39 is 0 Å². The lowest BCUT2D eigenvalue weighted by Gasteiger charge is -2.61. The fourth-order valence-corrected chi connectivity index (χ4v) is 5.34. The van der Waals surface area contributed by atoms with Crippen LogP contribution in [0.5, 0.6) is 0 Å². The highest BCUT2D eigenvalue weighted by Gasteiger charge is 2.51. The third-order valence-corrected chi connectivity index (χ3v) is 6.63. The van der Waals surface area contributed by atoms with Gasteiger partial charge in [-0.05, 0) is 58.7 Å². The van der Waals surface area contributed by atoms with E-state index in [0.29, 0.717) is 11.8 Å². The molecule has 0 aliphatic carbocycles. The topological polar surface area (TPSA) is 44.8 Å². The lowest BCUT2D eigenvalue weighted by atomic mass is 9.72. The van der Waals surface area contributed by atoms with E-state index in [1.165, 1.54) is 75.3 Å². The number of anilines is 2. The summed E-state index contributed by atoms with van der Waals surface area (Å²) >= 11 is 0. The lowest BCUT2D eigenvalue weighted by molar-refractivity contribution is -0.154. The van der Waals surface area contributed by atoms with Crippen molar-refractivity contribution in [3.05, 3.63) is 23.8 Å². The number of carbonyl (C=O) groups is 1. The van der Waals surface area contributed by atoms with Gasteiger partial charge in [0.05, 0.1) is 0 Å². The quantitative estimate of drug-likeness (QED) is 0.478. The second kappa shape index (κ2) is 8.78. The van der Waals surface area contributed by atoms with Crippen molar-refractivity contribution in [2.24, 2.45) is 5.41 Å². The van der Waals surface area contributed by atoms with Gasteiger partial charge in [-0.2, -0.15) is 0 Å². The number of rotatable bonds is 9. The van der Waals surface area contributed by atoms with E-state index >= 15 is 0 Å². The number of ether oxygens (including phenoxy) is 1. The van der Waals surface area contributed by atoms with E-state index in [1.54, 1.807) is 0 Å². The molecule has 2 saturated heterocycles. The maximum atomic E-state index is 11.7. The zero-order chi connectivity index (χ0) is 21.2. The molecule has 3 heterocycles. The van der Waals surface area contributed by atoms with Crippen molar-refractivity contribution in [3.63, 3.8) is 0 Å². The summed E-state index contributed by atoms with van der Waals surface area (Å²) in [4.78, 5) is 16.9. The van der Waals surface area contributed by atoms with Gasteiger partial charge in [0, 0.05) is 61.5 Å². The third kappa shape index (κ3) is 5.11. The Morgan fingerprint density at radius 3 is 2.57 bits per heavy atom. The molecule has 0 aromatic heterocycles. The van der Waals surface area contributed by atoms with Crippen molar-refractivity contribution in [1.29, 1.82) is 0 Å². The van der Waals surface area contributed by atoms with Crippen molar-refractivity contribution in [3.8, 4) is 0 Å². The van der Waals surface area contributed by atoms with Gasteiger partial charge < -0.3 is 19.9 Å². The number of esters is 1. The minimum absolute atomic E-state index is 0.0559. The number of carbonyl (C=O) groups excluding carboxylic acids is 1. The van der Waals surface area contributed by atoms with Crippen LogP contribution in [0, 0.1) is 5.41 Å². The average molecular weight is 414 g/mol. The highest BCUT2D eigenvalue weighted by molar-refractivity contribution is 5.70. The molecular weight excluding hydrogens is 374 g/mol. The zero-order valence-electron chi connectivity index (χ0n) is 19.1. The fraction of sp³-hybridized carbons (Fsp3) is 0.720. The van der Waals surface area contributed by atoms with Crippen molar-refractivity contribution in [2.45, 2.75) is 71.3 Å². The number of nitrogens with zero attached hydrogens (tertiary/aromatic N) is 2. The first-order valence-electron chi connectivity index (χ1n) is 11.9. The molecule has 3 aliphatic heterocycles. The smallest absolute Gasteiger partial charge is 0.306 e. The molecule has 5 nitrogen and oxygen atoms in total. The Kier molecular flexibility index (Phi) is 6.29. The molecule has 1 N–H and O–H groups in total. The van der Waals surface area contributed by atoms with Gasteiger partial charge in [0.15, 0.2) is 0 Å². The summed E-state index contributed by atoms with van der Waals surface area (Å²) < 4.78 is 5.36. The molecule has 0 atom stereocenters. The first-order valence-corrected chi connectivity index (χ1v) is 11.9. The van der Waals surface area contributed by atoms with Crippen molar-refractivity contribution in [2.75, 3.05) is 49.5 Å². The minimum Gasteiger partial charge on any atom is -0.460 e. The summed E-state index contributed by atoms with van der Waals surface area (Å²) in [7, 11) is 0. The monoisotopic (exact) mass is 413 g/mol. The Labute approximate surface area is 182 Å². The molecule has 2 fully saturated rings.